The van der Waals surface area contributed by atoms with Gasteiger partial charge in [0.2, 0.25) is 5.88 Å². The fourth-order valence-corrected chi connectivity index (χ4v) is 3.62. The van der Waals surface area contributed by atoms with Crippen LogP contribution in [0.25, 0.3) is 22.2 Å². The largest absolute Gasteiger partial charge is 0.436 e. The molecule has 3 aromatic heterocycles. The number of pyridine rings is 2. The van der Waals surface area contributed by atoms with Crippen molar-refractivity contribution in [1.29, 1.82) is 0 Å². The molecule has 184 valence electrons. The molecule has 5 rings (SSSR count). The summed E-state index contributed by atoms with van der Waals surface area (Å²) in [6.45, 7) is 0. The number of nitrogens with zero attached hydrogens (tertiary/aromatic N) is 4. The van der Waals surface area contributed by atoms with E-state index in [1.165, 1.54) is 18.5 Å². The second-order valence-electron chi connectivity index (χ2n) is 7.72. The van der Waals surface area contributed by atoms with Gasteiger partial charge in [0.15, 0.2) is 5.75 Å². The summed E-state index contributed by atoms with van der Waals surface area (Å²) < 4.78 is 45.1. The fraction of sp³-hybridized carbons (Fsp3) is 0.0385. The van der Waals surface area contributed by atoms with Gasteiger partial charge < -0.3 is 15.4 Å². The Morgan fingerprint density at radius 3 is 2.49 bits per heavy atom. The monoisotopic (exact) mass is 502 g/mol. The van der Waals surface area contributed by atoms with Gasteiger partial charge in [0.1, 0.15) is 11.8 Å². The number of carbonyl (C=O) groups excluding carboxylic acids is 1. The number of fused-ring (bicyclic) bond motifs is 1. The van der Waals surface area contributed by atoms with Gasteiger partial charge in [-0.15, -0.1) is 0 Å². The highest BCUT2D eigenvalue weighted by Crippen LogP contribution is 2.36. The molecule has 0 saturated heterocycles. The molecule has 0 spiro atoms. The van der Waals surface area contributed by atoms with Gasteiger partial charge in [-0.1, -0.05) is 6.07 Å². The van der Waals surface area contributed by atoms with Crippen molar-refractivity contribution in [2.75, 3.05) is 10.6 Å². The van der Waals surface area contributed by atoms with Gasteiger partial charge >= 0.3 is 12.2 Å². The Morgan fingerprint density at radius 1 is 0.838 bits per heavy atom. The Morgan fingerprint density at radius 2 is 1.68 bits per heavy atom. The number of hydrogen-bond acceptors (Lipinski definition) is 6. The summed E-state index contributed by atoms with van der Waals surface area (Å²) >= 11 is 0. The van der Waals surface area contributed by atoms with Gasteiger partial charge in [-0.05, 0) is 60.7 Å². The van der Waals surface area contributed by atoms with Crippen LogP contribution in [0.2, 0.25) is 0 Å². The third kappa shape index (κ3) is 5.30. The van der Waals surface area contributed by atoms with Gasteiger partial charge in [0.25, 0.3) is 0 Å². The Kier molecular flexibility index (Phi) is 6.33. The molecule has 37 heavy (non-hydrogen) atoms. The number of anilines is 2. The van der Waals surface area contributed by atoms with Gasteiger partial charge in [-0.2, -0.15) is 13.2 Å². The van der Waals surface area contributed by atoms with E-state index in [9.17, 15) is 18.0 Å². The first-order valence-corrected chi connectivity index (χ1v) is 10.9. The number of halogens is 3. The summed E-state index contributed by atoms with van der Waals surface area (Å²) in [7, 11) is 0. The maximum Gasteiger partial charge on any atom is 0.416 e. The van der Waals surface area contributed by atoms with E-state index >= 15 is 0 Å². The number of benzene rings is 2. The van der Waals surface area contributed by atoms with E-state index in [1.54, 1.807) is 55.0 Å². The predicted octanol–water partition coefficient (Wildman–Crippen LogP) is 6.54. The van der Waals surface area contributed by atoms with E-state index in [0.29, 0.717) is 39.5 Å². The second kappa shape index (κ2) is 9.90. The number of urea groups is 1. The molecule has 0 atom stereocenters. The maximum absolute atomic E-state index is 13.0. The zero-order chi connectivity index (χ0) is 25.8. The lowest BCUT2D eigenvalue weighted by molar-refractivity contribution is -0.137. The number of aromatic nitrogens is 4. The average Bonchev–Trinajstić information content (AvgIpc) is 2.90. The molecular weight excluding hydrogens is 485 g/mol. The average molecular weight is 502 g/mol. The van der Waals surface area contributed by atoms with Gasteiger partial charge in [-0.3, -0.25) is 4.98 Å². The lowest BCUT2D eigenvalue weighted by Gasteiger charge is -2.14. The first kappa shape index (κ1) is 23.7. The summed E-state index contributed by atoms with van der Waals surface area (Å²) in [5, 5.41) is 5.64. The number of alkyl halides is 3. The van der Waals surface area contributed by atoms with Crippen molar-refractivity contribution in [2.45, 2.75) is 6.18 Å². The van der Waals surface area contributed by atoms with Gasteiger partial charge in [0.05, 0.1) is 22.5 Å². The molecule has 2 aromatic carbocycles. The van der Waals surface area contributed by atoms with E-state index in [-0.39, 0.29) is 5.69 Å². The second-order valence-corrected chi connectivity index (χ2v) is 7.72. The summed E-state index contributed by atoms with van der Waals surface area (Å²) in [4.78, 5) is 29.5. The summed E-state index contributed by atoms with van der Waals surface area (Å²) in [6, 6.07) is 15.6. The number of carbonyl (C=O) groups is 1. The third-order valence-corrected chi connectivity index (χ3v) is 5.26. The highest BCUT2D eigenvalue weighted by atomic mass is 19.4. The van der Waals surface area contributed by atoms with Crippen LogP contribution in [-0.2, 0) is 6.18 Å². The SMILES string of the molecule is O=C(Nc1cccc(C(F)(F)F)c1)Nc1ccc(Oc2ncccc2-c2ccncn2)c2ncccc12. The zero-order valence-corrected chi connectivity index (χ0v) is 18.9. The van der Waals surface area contributed by atoms with Crippen molar-refractivity contribution in [3.8, 4) is 22.9 Å². The van der Waals surface area contributed by atoms with Crippen LogP contribution in [0.3, 0.4) is 0 Å². The number of hydrogen-bond donors (Lipinski definition) is 2. The topological polar surface area (TPSA) is 102 Å². The summed E-state index contributed by atoms with van der Waals surface area (Å²) in [6.07, 6.45) is 1.68. The van der Waals surface area contributed by atoms with Crippen molar-refractivity contribution in [1.82, 2.24) is 19.9 Å². The normalized spacial score (nSPS) is 11.2. The number of rotatable bonds is 5. The molecule has 0 unspecified atom stereocenters. The van der Waals surface area contributed by atoms with E-state index in [1.807, 2.05) is 6.07 Å². The minimum absolute atomic E-state index is 0.00196. The molecule has 0 radical (unpaired) electrons. The van der Waals surface area contributed by atoms with Crippen LogP contribution in [-0.4, -0.2) is 26.0 Å². The lowest BCUT2D eigenvalue weighted by atomic mass is 10.1. The van der Waals surface area contributed by atoms with E-state index in [2.05, 4.69) is 30.6 Å². The van der Waals surface area contributed by atoms with Crippen LogP contribution >= 0.6 is 0 Å². The standard InChI is InChI=1S/C26H17F3N6O2/c27-26(28,29)16-4-1-5-17(14-16)34-25(36)35-21-8-9-22(23-18(21)6-2-11-31-23)37-24-19(7-3-12-32-24)20-10-13-30-15-33-20/h1-15H,(H2,34,35,36). The van der Waals surface area contributed by atoms with Crippen molar-refractivity contribution in [3.05, 3.63) is 97.2 Å². The number of nitrogens with one attached hydrogen (secondary N) is 2. The molecule has 11 heteroatoms. The minimum Gasteiger partial charge on any atom is -0.436 e. The highest BCUT2D eigenvalue weighted by Gasteiger charge is 2.30. The predicted molar refractivity (Wildman–Crippen MR) is 131 cm³/mol. The van der Waals surface area contributed by atoms with Crippen LogP contribution in [0, 0.1) is 0 Å². The number of amides is 2. The molecule has 5 aromatic rings. The quantitative estimate of drug-likeness (QED) is 0.283. The molecule has 2 amide bonds. The first-order valence-electron chi connectivity index (χ1n) is 10.9. The molecule has 0 saturated carbocycles. The minimum atomic E-state index is -4.52. The van der Waals surface area contributed by atoms with Crippen molar-refractivity contribution >= 4 is 28.3 Å². The van der Waals surface area contributed by atoms with Crippen LogP contribution in [0.15, 0.2) is 91.6 Å². The van der Waals surface area contributed by atoms with Crippen LogP contribution < -0.4 is 15.4 Å². The molecule has 3 heterocycles. The van der Waals surface area contributed by atoms with E-state index in [0.717, 1.165) is 12.1 Å². The number of ether oxygens (including phenoxy) is 1. The maximum atomic E-state index is 13.0. The smallest absolute Gasteiger partial charge is 0.416 e. The summed E-state index contributed by atoms with van der Waals surface area (Å²) in [5.74, 6) is 0.685. The van der Waals surface area contributed by atoms with Crippen molar-refractivity contribution in [2.24, 2.45) is 0 Å². The molecule has 0 aliphatic heterocycles. The van der Waals surface area contributed by atoms with Gasteiger partial charge in [-0.25, -0.2) is 19.7 Å². The Labute approximate surface area is 208 Å². The Balaban J connectivity index is 1.41. The highest BCUT2D eigenvalue weighted by molar-refractivity contribution is 6.06. The molecule has 0 bridgehead atoms. The van der Waals surface area contributed by atoms with Crippen molar-refractivity contribution < 1.29 is 22.7 Å². The first-order chi connectivity index (χ1) is 17.9. The molecule has 0 aliphatic rings. The van der Waals surface area contributed by atoms with E-state index < -0.39 is 17.8 Å². The summed E-state index contributed by atoms with van der Waals surface area (Å²) in [5.41, 5.74) is 1.24. The lowest BCUT2D eigenvalue weighted by Crippen LogP contribution is -2.20. The molecule has 2 N–H and O–H groups in total. The molecular formula is C26H17F3N6O2. The molecule has 0 aliphatic carbocycles. The molecule has 0 fully saturated rings. The van der Waals surface area contributed by atoms with E-state index in [4.69, 9.17) is 4.74 Å². The van der Waals surface area contributed by atoms with Crippen molar-refractivity contribution in [3.63, 3.8) is 0 Å². The van der Waals surface area contributed by atoms with Crippen LogP contribution in [0.1, 0.15) is 5.56 Å². The third-order valence-electron chi connectivity index (χ3n) is 5.26. The van der Waals surface area contributed by atoms with Crippen LogP contribution in [0.5, 0.6) is 11.6 Å². The van der Waals surface area contributed by atoms with Crippen LogP contribution in [0.4, 0.5) is 29.3 Å². The Hall–Kier alpha value is -5.06. The van der Waals surface area contributed by atoms with Gasteiger partial charge in [0, 0.05) is 29.7 Å². The molecule has 8 nitrogen and oxygen atoms in total. The zero-order valence-electron chi connectivity index (χ0n) is 18.9. The Bertz CT molecular complexity index is 1580. The fourth-order valence-electron chi connectivity index (χ4n) is 3.62.